The van der Waals surface area contributed by atoms with Crippen LogP contribution in [0.15, 0.2) is 28.7 Å². The third-order valence-corrected chi connectivity index (χ3v) is 4.51. The number of nitrogens with one attached hydrogen (secondary N) is 1. The Morgan fingerprint density at radius 1 is 1.40 bits per heavy atom. The van der Waals surface area contributed by atoms with E-state index >= 15 is 0 Å². The number of carbonyl (C=O) groups excluding carboxylic acids is 1. The molecule has 1 atom stereocenters. The van der Waals surface area contributed by atoms with Crippen LogP contribution in [-0.4, -0.2) is 43.7 Å². The molecule has 0 aliphatic carbocycles. The molecule has 1 fully saturated rings. The van der Waals surface area contributed by atoms with Crippen molar-refractivity contribution >= 4 is 21.9 Å². The molecule has 20 heavy (non-hydrogen) atoms. The summed E-state index contributed by atoms with van der Waals surface area (Å²) in [5.74, 6) is -0.186. The molecule has 0 amide bonds. The van der Waals surface area contributed by atoms with E-state index in [0.29, 0.717) is 6.61 Å². The van der Waals surface area contributed by atoms with E-state index in [9.17, 15) is 4.79 Å². The average molecular weight is 341 g/mol. The summed E-state index contributed by atoms with van der Waals surface area (Å²) >= 11 is 3.57. The van der Waals surface area contributed by atoms with Crippen molar-refractivity contribution in [3.63, 3.8) is 0 Å². The summed E-state index contributed by atoms with van der Waals surface area (Å²) in [5.41, 5.74) is 0.207. The molecule has 5 heteroatoms. The number of hydrogen-bond acceptors (Lipinski definition) is 4. The second kappa shape index (κ2) is 6.70. The predicted molar refractivity (Wildman–Crippen MR) is 82.6 cm³/mol. The zero-order valence-corrected chi connectivity index (χ0v) is 13.6. The number of esters is 1. The van der Waals surface area contributed by atoms with Crippen LogP contribution >= 0.6 is 15.9 Å². The Kier molecular flexibility index (Phi) is 5.18. The van der Waals surface area contributed by atoms with E-state index in [1.54, 1.807) is 0 Å². The van der Waals surface area contributed by atoms with Gasteiger partial charge in [-0.1, -0.05) is 34.1 Å². The lowest BCUT2D eigenvalue weighted by atomic mass is 9.89. The topological polar surface area (TPSA) is 41.6 Å². The van der Waals surface area contributed by atoms with Gasteiger partial charge in [-0.3, -0.25) is 4.90 Å². The van der Waals surface area contributed by atoms with E-state index in [-0.39, 0.29) is 5.97 Å². The van der Waals surface area contributed by atoms with Crippen LogP contribution in [0.3, 0.4) is 0 Å². The van der Waals surface area contributed by atoms with Gasteiger partial charge in [0.1, 0.15) is 5.54 Å². The normalized spacial score (nSPS) is 19.4. The number of ether oxygens (including phenoxy) is 1. The number of nitrogens with zero attached hydrogens (tertiary/aromatic N) is 1. The lowest BCUT2D eigenvalue weighted by molar-refractivity contribution is -0.158. The second-order valence-electron chi connectivity index (χ2n) is 5.01. The van der Waals surface area contributed by atoms with Gasteiger partial charge < -0.3 is 10.1 Å². The van der Waals surface area contributed by atoms with E-state index < -0.39 is 5.54 Å². The van der Waals surface area contributed by atoms with Crippen LogP contribution < -0.4 is 5.32 Å². The van der Waals surface area contributed by atoms with Crippen molar-refractivity contribution in [2.24, 2.45) is 0 Å². The maximum atomic E-state index is 12.6. The van der Waals surface area contributed by atoms with Crippen molar-refractivity contribution in [3.05, 3.63) is 34.3 Å². The first-order valence-electron chi connectivity index (χ1n) is 6.98. The molecule has 4 nitrogen and oxygen atoms in total. The Hall–Kier alpha value is -0.910. The van der Waals surface area contributed by atoms with Gasteiger partial charge >= 0.3 is 5.97 Å². The van der Waals surface area contributed by atoms with Crippen molar-refractivity contribution in [2.75, 3.05) is 32.8 Å². The summed E-state index contributed by atoms with van der Waals surface area (Å²) in [4.78, 5) is 14.8. The molecule has 1 aromatic carbocycles. The first kappa shape index (κ1) is 15.5. The Morgan fingerprint density at radius 3 is 2.65 bits per heavy atom. The van der Waals surface area contributed by atoms with Crippen molar-refractivity contribution in [2.45, 2.75) is 19.4 Å². The number of carbonyl (C=O) groups is 1. The van der Waals surface area contributed by atoms with Gasteiger partial charge in [0.05, 0.1) is 6.61 Å². The molecule has 1 N–H and O–H groups in total. The Balaban J connectivity index is 2.42. The highest BCUT2D eigenvalue weighted by Gasteiger charge is 2.44. The fourth-order valence-electron chi connectivity index (χ4n) is 2.65. The summed E-state index contributed by atoms with van der Waals surface area (Å²) in [7, 11) is 0. The summed E-state index contributed by atoms with van der Waals surface area (Å²) in [6.07, 6.45) is 0. The molecule has 1 aliphatic rings. The van der Waals surface area contributed by atoms with Crippen LogP contribution in [0.2, 0.25) is 0 Å². The lowest BCUT2D eigenvalue weighted by Gasteiger charge is -2.42. The highest BCUT2D eigenvalue weighted by atomic mass is 79.9. The molecular weight excluding hydrogens is 320 g/mol. The van der Waals surface area contributed by atoms with Gasteiger partial charge in [0.2, 0.25) is 0 Å². The molecule has 1 unspecified atom stereocenters. The monoisotopic (exact) mass is 340 g/mol. The Morgan fingerprint density at radius 2 is 2.05 bits per heavy atom. The molecule has 0 aromatic heterocycles. The summed E-state index contributed by atoms with van der Waals surface area (Å²) < 4.78 is 6.29. The van der Waals surface area contributed by atoms with E-state index in [2.05, 4.69) is 26.1 Å². The van der Waals surface area contributed by atoms with Crippen molar-refractivity contribution in [3.8, 4) is 0 Å². The van der Waals surface area contributed by atoms with E-state index in [1.807, 2.05) is 38.1 Å². The van der Waals surface area contributed by atoms with E-state index in [0.717, 1.165) is 36.2 Å². The maximum Gasteiger partial charge on any atom is 0.330 e. The molecule has 0 saturated carbocycles. The van der Waals surface area contributed by atoms with Gasteiger partial charge in [-0.05, 0) is 25.5 Å². The minimum absolute atomic E-state index is 0.186. The fraction of sp³-hybridized carbons (Fsp3) is 0.533. The molecule has 1 aliphatic heterocycles. The zero-order valence-electron chi connectivity index (χ0n) is 12.0. The molecule has 0 spiro atoms. The van der Waals surface area contributed by atoms with E-state index in [1.165, 1.54) is 0 Å². The molecule has 2 rings (SSSR count). The molecular formula is C15H21BrN2O2. The van der Waals surface area contributed by atoms with Crippen LogP contribution in [-0.2, 0) is 15.1 Å². The summed E-state index contributed by atoms with van der Waals surface area (Å²) in [5, 5.41) is 3.32. The Bertz CT molecular complexity index is 475. The number of hydrogen-bond donors (Lipinski definition) is 1. The molecule has 0 bridgehead atoms. The Labute approximate surface area is 128 Å². The molecule has 1 saturated heterocycles. The van der Waals surface area contributed by atoms with Gasteiger partial charge in [0.15, 0.2) is 0 Å². The number of halogens is 1. The number of rotatable bonds is 4. The molecule has 1 aromatic rings. The third-order valence-electron chi connectivity index (χ3n) is 3.82. The largest absolute Gasteiger partial charge is 0.464 e. The van der Waals surface area contributed by atoms with Gasteiger partial charge in [-0.2, -0.15) is 0 Å². The zero-order chi connectivity index (χ0) is 14.6. The van der Waals surface area contributed by atoms with Crippen molar-refractivity contribution in [1.82, 2.24) is 10.2 Å². The number of benzene rings is 1. The highest BCUT2D eigenvalue weighted by molar-refractivity contribution is 9.10. The van der Waals surface area contributed by atoms with Crippen LogP contribution in [0.4, 0.5) is 0 Å². The smallest absolute Gasteiger partial charge is 0.330 e. The molecule has 110 valence electrons. The quantitative estimate of drug-likeness (QED) is 0.852. The average Bonchev–Trinajstić information content (AvgIpc) is 2.48. The van der Waals surface area contributed by atoms with Crippen molar-refractivity contribution in [1.29, 1.82) is 0 Å². The summed E-state index contributed by atoms with van der Waals surface area (Å²) in [6, 6.07) is 7.87. The fourth-order valence-corrected chi connectivity index (χ4v) is 3.32. The third kappa shape index (κ3) is 2.90. The van der Waals surface area contributed by atoms with Crippen LogP contribution in [0.5, 0.6) is 0 Å². The van der Waals surface area contributed by atoms with Gasteiger partial charge in [-0.15, -0.1) is 0 Å². The molecule has 0 radical (unpaired) electrons. The number of piperazine rings is 1. The van der Waals surface area contributed by atoms with Crippen LogP contribution in [0, 0.1) is 0 Å². The van der Waals surface area contributed by atoms with Crippen LogP contribution in [0.1, 0.15) is 19.4 Å². The van der Waals surface area contributed by atoms with Gasteiger partial charge in [-0.25, -0.2) is 4.79 Å². The predicted octanol–water partition coefficient (Wildman–Crippen LogP) is 2.13. The van der Waals surface area contributed by atoms with Crippen LogP contribution in [0.25, 0.3) is 0 Å². The standard InChI is InChI=1S/C15H21BrN2O2/c1-3-20-14(19)15(2,18-10-8-17-9-11-18)12-6-4-5-7-13(12)16/h4-7,17H,3,8-11H2,1-2H3. The second-order valence-corrected chi connectivity index (χ2v) is 5.86. The lowest BCUT2D eigenvalue weighted by Crippen LogP contribution is -2.57. The van der Waals surface area contributed by atoms with Gasteiger partial charge in [0.25, 0.3) is 0 Å². The SMILES string of the molecule is CCOC(=O)C(C)(c1ccccc1Br)N1CCNCC1. The maximum absolute atomic E-state index is 12.6. The minimum Gasteiger partial charge on any atom is -0.464 e. The highest BCUT2D eigenvalue weighted by Crippen LogP contribution is 2.35. The minimum atomic E-state index is -0.752. The first-order chi connectivity index (χ1) is 9.60. The summed E-state index contributed by atoms with van der Waals surface area (Å²) in [6.45, 7) is 7.63. The first-order valence-corrected chi connectivity index (χ1v) is 7.78. The van der Waals surface area contributed by atoms with Gasteiger partial charge in [0, 0.05) is 30.7 Å². The van der Waals surface area contributed by atoms with Crippen molar-refractivity contribution < 1.29 is 9.53 Å². The molecule has 1 heterocycles. The van der Waals surface area contributed by atoms with E-state index in [4.69, 9.17) is 4.74 Å².